The highest BCUT2D eigenvalue weighted by atomic mass is 16.1. The molecule has 0 fully saturated rings. The molecule has 3 aromatic carbocycles. The van der Waals surface area contributed by atoms with E-state index < -0.39 is 0 Å². The Morgan fingerprint density at radius 1 is 0.818 bits per heavy atom. The van der Waals surface area contributed by atoms with E-state index in [-0.39, 0.29) is 5.78 Å². The summed E-state index contributed by atoms with van der Waals surface area (Å²) in [5.41, 5.74) is 2.02. The lowest BCUT2D eigenvalue weighted by molar-refractivity contribution is 0.106. The second-order valence-corrected chi connectivity index (χ2v) is 5.81. The lowest BCUT2D eigenvalue weighted by Crippen LogP contribution is -2.14. The van der Waals surface area contributed by atoms with Gasteiger partial charge < -0.3 is 0 Å². The van der Waals surface area contributed by atoms with Crippen LogP contribution in [0, 0.1) is 10.4 Å². The molecule has 0 bridgehead atoms. The maximum Gasteiger partial charge on any atom is 0.187 e. The van der Waals surface area contributed by atoms with Gasteiger partial charge >= 0.3 is 0 Å². The molecule has 0 radical (unpaired) electrons. The third-order valence-electron chi connectivity index (χ3n) is 4.56. The molecule has 0 saturated carbocycles. The molecule has 0 saturated heterocycles. The number of ketones is 1. The zero-order valence-electron chi connectivity index (χ0n) is 11.8. The van der Waals surface area contributed by atoms with Crippen LogP contribution in [0.3, 0.4) is 0 Å². The lowest BCUT2D eigenvalue weighted by Gasteiger charge is -2.10. The third kappa shape index (κ3) is 1.45. The highest BCUT2D eigenvalue weighted by Gasteiger charge is 2.15. The van der Waals surface area contributed by atoms with Gasteiger partial charge in [-0.1, -0.05) is 54.6 Å². The minimum absolute atomic E-state index is 0.102. The van der Waals surface area contributed by atoms with Gasteiger partial charge in [0.1, 0.15) is 0 Å². The molecule has 2 aliphatic rings. The fourth-order valence-electron chi connectivity index (χ4n) is 3.52. The zero-order chi connectivity index (χ0) is 14.7. The van der Waals surface area contributed by atoms with E-state index in [1.54, 1.807) is 6.08 Å². The summed E-state index contributed by atoms with van der Waals surface area (Å²) in [7, 11) is 0. The number of hydrogen-bond donors (Lipinski definition) is 0. The van der Waals surface area contributed by atoms with Crippen molar-refractivity contribution in [1.82, 2.24) is 0 Å². The smallest absolute Gasteiger partial charge is 0.187 e. The van der Waals surface area contributed by atoms with E-state index in [9.17, 15) is 4.79 Å². The van der Waals surface area contributed by atoms with Crippen LogP contribution in [0.2, 0.25) is 0 Å². The Kier molecular flexibility index (Phi) is 2.15. The Morgan fingerprint density at radius 3 is 2.68 bits per heavy atom. The van der Waals surface area contributed by atoms with Crippen molar-refractivity contribution in [2.75, 3.05) is 0 Å². The summed E-state index contributed by atoms with van der Waals surface area (Å²) in [4.78, 5) is 12.7. The van der Waals surface area contributed by atoms with Crippen LogP contribution < -0.4 is 10.4 Å². The van der Waals surface area contributed by atoms with Crippen molar-refractivity contribution in [2.45, 2.75) is 0 Å². The van der Waals surface area contributed by atoms with Crippen LogP contribution in [-0.2, 0) is 0 Å². The van der Waals surface area contributed by atoms with Crippen LogP contribution in [-0.4, -0.2) is 5.78 Å². The van der Waals surface area contributed by atoms with Crippen molar-refractivity contribution in [3.63, 3.8) is 0 Å². The molecule has 102 valence electrons. The molecule has 1 heteroatoms. The van der Waals surface area contributed by atoms with Gasteiger partial charge in [-0.3, -0.25) is 4.79 Å². The van der Waals surface area contributed by atoms with Gasteiger partial charge in [-0.15, -0.1) is 0 Å². The first kappa shape index (κ1) is 11.7. The molecule has 1 nitrogen and oxygen atoms in total. The monoisotopic (exact) mass is 280 g/mol. The van der Waals surface area contributed by atoms with Crippen LogP contribution in [0.1, 0.15) is 15.9 Å². The molecule has 0 aromatic heterocycles. The van der Waals surface area contributed by atoms with Crippen LogP contribution in [0.15, 0.2) is 54.6 Å². The number of fused-ring (bicyclic) bond motifs is 5. The molecular weight excluding hydrogens is 268 g/mol. The molecule has 0 atom stereocenters. The normalized spacial score (nSPS) is 14.1. The number of Topliss-reactive ketones (excluding diaryl/α,β-unsaturated/α-hetero) is 1. The number of rotatable bonds is 0. The maximum absolute atomic E-state index is 12.7. The summed E-state index contributed by atoms with van der Waals surface area (Å²) in [6, 6.07) is 16.6. The number of benzene rings is 3. The Bertz CT molecular complexity index is 1230. The summed E-state index contributed by atoms with van der Waals surface area (Å²) in [5.74, 6) is 0.102. The van der Waals surface area contributed by atoms with Crippen LogP contribution in [0.25, 0.3) is 29.0 Å². The Morgan fingerprint density at radius 2 is 1.73 bits per heavy atom. The molecule has 3 aromatic rings. The third-order valence-corrected chi connectivity index (χ3v) is 4.56. The fraction of sp³-hybridized carbons (Fsp3) is 0. The summed E-state index contributed by atoms with van der Waals surface area (Å²) in [6.45, 7) is 0. The first-order valence-corrected chi connectivity index (χ1v) is 7.42. The van der Waals surface area contributed by atoms with Crippen LogP contribution in [0.5, 0.6) is 0 Å². The first-order chi connectivity index (χ1) is 10.8. The Hall–Kier alpha value is -2.93. The minimum atomic E-state index is 0.102. The van der Waals surface area contributed by atoms with E-state index >= 15 is 0 Å². The van der Waals surface area contributed by atoms with Crippen molar-refractivity contribution in [3.05, 3.63) is 86.6 Å². The fourth-order valence-corrected chi connectivity index (χ4v) is 3.52. The molecule has 0 heterocycles. The van der Waals surface area contributed by atoms with Gasteiger partial charge in [-0.25, -0.2) is 0 Å². The molecule has 0 aliphatic heterocycles. The SMILES string of the molecule is O=C1C=c2ccccc2=c2ccc3cc4c(cc3c21)C=CC=4. The first-order valence-electron chi connectivity index (χ1n) is 7.42. The Labute approximate surface area is 126 Å². The summed E-state index contributed by atoms with van der Waals surface area (Å²) < 4.78 is 0. The van der Waals surface area contributed by atoms with Crippen molar-refractivity contribution >= 4 is 34.8 Å². The van der Waals surface area contributed by atoms with Crippen molar-refractivity contribution in [1.29, 1.82) is 0 Å². The summed E-state index contributed by atoms with van der Waals surface area (Å²) >= 11 is 0. The van der Waals surface area contributed by atoms with Crippen LogP contribution in [0.4, 0.5) is 0 Å². The number of allylic oxidation sites excluding steroid dienone is 1. The van der Waals surface area contributed by atoms with Gasteiger partial charge in [0.25, 0.3) is 0 Å². The average Bonchev–Trinajstić information content (AvgIpc) is 2.99. The van der Waals surface area contributed by atoms with Crippen molar-refractivity contribution < 1.29 is 4.79 Å². The van der Waals surface area contributed by atoms with E-state index in [1.165, 1.54) is 10.8 Å². The molecule has 0 unspecified atom stereocenters. The van der Waals surface area contributed by atoms with Crippen molar-refractivity contribution in [2.24, 2.45) is 0 Å². The predicted octanol–water partition coefficient (Wildman–Crippen LogP) is 2.91. The number of hydrogen-bond acceptors (Lipinski definition) is 1. The molecule has 0 amide bonds. The molecule has 0 spiro atoms. The molecule has 2 aliphatic carbocycles. The molecule has 22 heavy (non-hydrogen) atoms. The Balaban J connectivity index is 2.09. The van der Waals surface area contributed by atoms with Gasteiger partial charge in [0.15, 0.2) is 5.78 Å². The van der Waals surface area contributed by atoms with E-state index in [0.717, 1.165) is 32.0 Å². The van der Waals surface area contributed by atoms with Gasteiger partial charge in [0.05, 0.1) is 0 Å². The van der Waals surface area contributed by atoms with E-state index in [4.69, 9.17) is 0 Å². The molecular formula is C21H12O. The number of carbonyl (C=O) groups is 1. The molecule has 0 N–H and O–H groups in total. The van der Waals surface area contributed by atoms with Gasteiger partial charge in [0, 0.05) is 5.56 Å². The van der Waals surface area contributed by atoms with E-state index in [1.807, 2.05) is 18.2 Å². The largest absolute Gasteiger partial charge is 0.289 e. The standard InChI is InChI=1S/C21H12O/c22-20-12-15-4-1-2-7-17(15)18-9-8-16-10-13-5-3-6-14(13)11-19(16)21(18)20/h1-12H. The second kappa shape index (κ2) is 4.05. The van der Waals surface area contributed by atoms with E-state index in [0.29, 0.717) is 0 Å². The van der Waals surface area contributed by atoms with Gasteiger partial charge in [-0.05, 0) is 55.4 Å². The zero-order valence-corrected chi connectivity index (χ0v) is 11.8. The predicted molar refractivity (Wildman–Crippen MR) is 89.6 cm³/mol. The highest BCUT2D eigenvalue weighted by molar-refractivity contribution is 6.23. The molecule has 5 rings (SSSR count). The summed E-state index contributed by atoms with van der Waals surface area (Å²) in [5, 5.41) is 6.59. The maximum atomic E-state index is 12.7. The highest BCUT2D eigenvalue weighted by Crippen LogP contribution is 2.23. The topological polar surface area (TPSA) is 17.1 Å². The van der Waals surface area contributed by atoms with Gasteiger partial charge in [0.2, 0.25) is 0 Å². The minimum Gasteiger partial charge on any atom is -0.289 e. The lowest BCUT2D eigenvalue weighted by atomic mass is 9.92. The number of carbonyl (C=O) groups excluding carboxylic acids is 1. The van der Waals surface area contributed by atoms with Gasteiger partial charge in [-0.2, -0.15) is 0 Å². The van der Waals surface area contributed by atoms with Crippen LogP contribution >= 0.6 is 0 Å². The quantitative estimate of drug-likeness (QED) is 0.619. The average molecular weight is 280 g/mol. The van der Waals surface area contributed by atoms with Crippen molar-refractivity contribution in [3.8, 4) is 0 Å². The van der Waals surface area contributed by atoms with E-state index in [2.05, 4.69) is 48.6 Å². The summed E-state index contributed by atoms with van der Waals surface area (Å²) in [6.07, 6.45) is 8.02. The second-order valence-electron chi connectivity index (χ2n) is 5.81.